The summed E-state index contributed by atoms with van der Waals surface area (Å²) in [6.45, 7) is 5.14. The van der Waals surface area contributed by atoms with Crippen LogP contribution in [0, 0.1) is 5.92 Å². The summed E-state index contributed by atoms with van der Waals surface area (Å²) < 4.78 is 4.91. The third-order valence-electron chi connectivity index (χ3n) is 1.51. The first kappa shape index (κ1) is 10.4. The second-order valence-electron chi connectivity index (χ2n) is 2.82. The van der Waals surface area contributed by atoms with Gasteiger partial charge >= 0.3 is 0 Å². The van der Waals surface area contributed by atoms with Gasteiger partial charge in [0.2, 0.25) is 5.91 Å². The van der Waals surface area contributed by atoms with Crippen LogP contribution < -0.4 is 5.32 Å². The fourth-order valence-corrected chi connectivity index (χ4v) is 0.739. The molecule has 1 unspecified atom stereocenters. The predicted octanol–water partition coefficient (Wildman–Crippen LogP) is 0.795. The molecule has 3 nitrogen and oxygen atoms in total. The Balaban J connectivity index is 3.22. The Morgan fingerprint density at radius 1 is 1.64 bits per heavy atom. The van der Waals surface area contributed by atoms with Crippen LogP contribution in [0.2, 0.25) is 0 Å². The summed E-state index contributed by atoms with van der Waals surface area (Å²) in [7, 11) is 1.69. The first-order chi connectivity index (χ1) is 5.16. The molecule has 0 saturated heterocycles. The van der Waals surface area contributed by atoms with E-state index in [-0.39, 0.29) is 5.91 Å². The molecule has 0 radical (unpaired) electrons. The summed E-state index contributed by atoms with van der Waals surface area (Å²) in [5.74, 6) is 0.535. The molecule has 0 aromatic carbocycles. The molecule has 11 heavy (non-hydrogen) atoms. The van der Waals surface area contributed by atoms with Gasteiger partial charge in [0, 0.05) is 27.2 Å². The van der Waals surface area contributed by atoms with E-state index < -0.39 is 0 Å². The fraction of sp³-hybridized carbons (Fsp3) is 0.875. The zero-order valence-corrected chi connectivity index (χ0v) is 7.52. The highest BCUT2D eigenvalue weighted by atomic mass is 16.5. The van der Waals surface area contributed by atoms with Crippen molar-refractivity contribution in [1.29, 1.82) is 0 Å². The Kier molecular flexibility index (Phi) is 5.84. The van der Waals surface area contributed by atoms with Crippen molar-refractivity contribution in [2.75, 3.05) is 20.3 Å². The molecule has 0 aromatic rings. The molecule has 1 atom stereocenters. The SMILES string of the molecule is COCCC(C)CNC(C)=O. The molecule has 3 heteroatoms. The maximum Gasteiger partial charge on any atom is 0.216 e. The first-order valence-corrected chi connectivity index (χ1v) is 3.90. The number of carbonyl (C=O) groups excluding carboxylic acids is 1. The Labute approximate surface area is 68.1 Å². The lowest BCUT2D eigenvalue weighted by molar-refractivity contribution is -0.119. The molecule has 0 spiro atoms. The monoisotopic (exact) mass is 159 g/mol. The van der Waals surface area contributed by atoms with E-state index in [2.05, 4.69) is 12.2 Å². The number of hydrogen-bond acceptors (Lipinski definition) is 2. The summed E-state index contributed by atoms with van der Waals surface area (Å²) in [4.78, 5) is 10.5. The van der Waals surface area contributed by atoms with Crippen molar-refractivity contribution in [3.05, 3.63) is 0 Å². The van der Waals surface area contributed by atoms with Crippen molar-refractivity contribution in [1.82, 2.24) is 5.32 Å². The molecule has 0 rings (SSSR count). The first-order valence-electron chi connectivity index (χ1n) is 3.90. The average Bonchev–Trinajstić information content (AvgIpc) is 1.97. The number of amides is 1. The number of methoxy groups -OCH3 is 1. The second kappa shape index (κ2) is 6.16. The molecule has 0 aromatic heterocycles. The van der Waals surface area contributed by atoms with E-state index in [1.807, 2.05) is 0 Å². The van der Waals surface area contributed by atoms with Gasteiger partial charge in [0.25, 0.3) is 0 Å². The fourth-order valence-electron chi connectivity index (χ4n) is 0.739. The maximum absolute atomic E-state index is 10.5. The molecule has 1 N–H and O–H groups in total. The largest absolute Gasteiger partial charge is 0.385 e. The molecule has 0 saturated carbocycles. The third kappa shape index (κ3) is 7.33. The molecule has 0 heterocycles. The number of ether oxygens (including phenoxy) is 1. The number of nitrogens with one attached hydrogen (secondary N) is 1. The molecule has 1 amide bonds. The lowest BCUT2D eigenvalue weighted by Crippen LogP contribution is -2.26. The van der Waals surface area contributed by atoms with Gasteiger partial charge in [-0.05, 0) is 12.3 Å². The van der Waals surface area contributed by atoms with E-state index >= 15 is 0 Å². The van der Waals surface area contributed by atoms with Crippen molar-refractivity contribution in [3.8, 4) is 0 Å². The third-order valence-corrected chi connectivity index (χ3v) is 1.51. The molecule has 0 aliphatic carbocycles. The van der Waals surface area contributed by atoms with Crippen molar-refractivity contribution in [2.24, 2.45) is 5.92 Å². The second-order valence-corrected chi connectivity index (χ2v) is 2.82. The smallest absolute Gasteiger partial charge is 0.216 e. The highest BCUT2D eigenvalue weighted by Crippen LogP contribution is 1.98. The highest BCUT2D eigenvalue weighted by molar-refractivity contribution is 5.72. The van der Waals surface area contributed by atoms with Gasteiger partial charge in [-0.1, -0.05) is 6.92 Å². The molecule has 0 fully saturated rings. The Morgan fingerprint density at radius 2 is 2.27 bits per heavy atom. The van der Waals surface area contributed by atoms with Crippen LogP contribution in [-0.2, 0) is 9.53 Å². The number of rotatable bonds is 5. The van der Waals surface area contributed by atoms with Crippen molar-refractivity contribution in [2.45, 2.75) is 20.3 Å². The van der Waals surface area contributed by atoms with E-state index in [0.29, 0.717) is 5.92 Å². The van der Waals surface area contributed by atoms with Crippen LogP contribution in [0.15, 0.2) is 0 Å². The average molecular weight is 159 g/mol. The summed E-state index contributed by atoms with van der Waals surface area (Å²) >= 11 is 0. The van der Waals surface area contributed by atoms with Gasteiger partial charge in [-0.25, -0.2) is 0 Å². The van der Waals surface area contributed by atoms with Gasteiger partial charge in [-0.2, -0.15) is 0 Å². The van der Waals surface area contributed by atoms with Gasteiger partial charge in [0.1, 0.15) is 0 Å². The van der Waals surface area contributed by atoms with E-state index in [1.54, 1.807) is 7.11 Å². The summed E-state index contributed by atoms with van der Waals surface area (Å²) in [5.41, 5.74) is 0. The van der Waals surface area contributed by atoms with Crippen molar-refractivity contribution < 1.29 is 9.53 Å². The van der Waals surface area contributed by atoms with E-state index in [9.17, 15) is 4.79 Å². The highest BCUT2D eigenvalue weighted by Gasteiger charge is 2.01. The minimum absolute atomic E-state index is 0.0364. The van der Waals surface area contributed by atoms with Crippen molar-refractivity contribution in [3.63, 3.8) is 0 Å². The molecule has 66 valence electrons. The topological polar surface area (TPSA) is 38.3 Å². The Hall–Kier alpha value is -0.570. The molecular weight excluding hydrogens is 142 g/mol. The van der Waals surface area contributed by atoms with Crippen LogP contribution in [0.5, 0.6) is 0 Å². The minimum atomic E-state index is 0.0364. The maximum atomic E-state index is 10.5. The Morgan fingerprint density at radius 3 is 2.73 bits per heavy atom. The van der Waals surface area contributed by atoms with Gasteiger partial charge in [0.15, 0.2) is 0 Å². The van der Waals surface area contributed by atoms with E-state index in [1.165, 1.54) is 6.92 Å². The van der Waals surface area contributed by atoms with Crippen molar-refractivity contribution >= 4 is 5.91 Å². The quantitative estimate of drug-likeness (QED) is 0.644. The molecule has 0 aliphatic rings. The lowest BCUT2D eigenvalue weighted by Gasteiger charge is -2.10. The van der Waals surface area contributed by atoms with Crippen LogP contribution in [-0.4, -0.2) is 26.2 Å². The zero-order valence-electron chi connectivity index (χ0n) is 7.52. The minimum Gasteiger partial charge on any atom is -0.385 e. The van der Waals surface area contributed by atoms with E-state index in [4.69, 9.17) is 4.74 Å². The van der Waals surface area contributed by atoms with Gasteiger partial charge in [0.05, 0.1) is 0 Å². The Bertz CT molecular complexity index is 115. The molecular formula is C8H17NO2. The summed E-state index contributed by atoms with van der Waals surface area (Å²) in [6, 6.07) is 0. The summed E-state index contributed by atoms with van der Waals surface area (Å²) in [5, 5.41) is 2.76. The van der Waals surface area contributed by atoms with Gasteiger partial charge in [-0.15, -0.1) is 0 Å². The van der Waals surface area contributed by atoms with Crippen LogP contribution in [0.3, 0.4) is 0 Å². The number of hydrogen-bond donors (Lipinski definition) is 1. The van der Waals surface area contributed by atoms with Gasteiger partial charge < -0.3 is 10.1 Å². The van der Waals surface area contributed by atoms with Crippen LogP contribution >= 0.6 is 0 Å². The molecule has 0 aliphatic heterocycles. The normalized spacial score (nSPS) is 12.6. The van der Waals surface area contributed by atoms with E-state index in [0.717, 1.165) is 19.6 Å². The van der Waals surface area contributed by atoms with Crippen LogP contribution in [0.25, 0.3) is 0 Å². The predicted molar refractivity (Wildman–Crippen MR) is 44.3 cm³/mol. The molecule has 0 bridgehead atoms. The number of carbonyl (C=O) groups is 1. The van der Waals surface area contributed by atoms with Crippen LogP contribution in [0.1, 0.15) is 20.3 Å². The lowest BCUT2D eigenvalue weighted by atomic mass is 10.1. The van der Waals surface area contributed by atoms with Gasteiger partial charge in [-0.3, -0.25) is 4.79 Å². The summed E-state index contributed by atoms with van der Waals surface area (Å²) in [6.07, 6.45) is 0.997. The van der Waals surface area contributed by atoms with Crippen LogP contribution in [0.4, 0.5) is 0 Å². The standard InChI is InChI=1S/C8H17NO2/c1-7(4-5-11-3)6-9-8(2)10/h7H,4-6H2,1-3H3,(H,9,10). The zero-order chi connectivity index (χ0) is 8.69.